The maximum Gasteiger partial charge on any atom is 0.251 e. The molecule has 6 nitrogen and oxygen atoms in total. The van der Waals surface area contributed by atoms with E-state index in [4.69, 9.17) is 0 Å². The molecular formula is C22H29N3O3S. The zero-order valence-electron chi connectivity index (χ0n) is 17.3. The van der Waals surface area contributed by atoms with Gasteiger partial charge in [-0.2, -0.15) is 4.31 Å². The molecule has 0 aromatic heterocycles. The van der Waals surface area contributed by atoms with Gasteiger partial charge in [-0.25, -0.2) is 8.42 Å². The summed E-state index contributed by atoms with van der Waals surface area (Å²) in [5, 5.41) is 2.88. The number of nitrogens with one attached hydrogen (secondary N) is 1. The number of sulfonamides is 1. The Morgan fingerprint density at radius 1 is 0.966 bits per heavy atom. The van der Waals surface area contributed by atoms with Crippen LogP contribution in [0.2, 0.25) is 0 Å². The molecule has 1 aliphatic rings. The van der Waals surface area contributed by atoms with Crippen molar-refractivity contribution in [3.8, 4) is 0 Å². The lowest BCUT2D eigenvalue weighted by Crippen LogP contribution is -2.48. The second kappa shape index (κ2) is 9.07. The molecule has 0 saturated carbocycles. The van der Waals surface area contributed by atoms with Crippen molar-refractivity contribution in [2.24, 2.45) is 0 Å². The Hall–Kier alpha value is -2.22. The number of nitrogens with zero attached hydrogens (tertiary/aromatic N) is 2. The minimum Gasteiger partial charge on any atom is -0.350 e. The molecule has 1 aliphatic heterocycles. The van der Waals surface area contributed by atoms with Crippen LogP contribution in [0.25, 0.3) is 0 Å². The molecule has 7 heteroatoms. The third-order valence-electron chi connectivity index (χ3n) is 5.03. The van der Waals surface area contributed by atoms with Gasteiger partial charge in [0, 0.05) is 44.3 Å². The third kappa shape index (κ3) is 5.44. The summed E-state index contributed by atoms with van der Waals surface area (Å²) >= 11 is 0. The summed E-state index contributed by atoms with van der Waals surface area (Å²) in [6.45, 7) is 8.87. The topological polar surface area (TPSA) is 69.7 Å². The van der Waals surface area contributed by atoms with Crippen molar-refractivity contribution in [2.75, 3.05) is 26.2 Å². The second-order valence-corrected chi connectivity index (χ2v) is 9.76. The molecule has 0 bridgehead atoms. The van der Waals surface area contributed by atoms with Crippen LogP contribution in [0.3, 0.4) is 0 Å². The number of benzene rings is 2. The molecule has 0 aliphatic carbocycles. The molecule has 0 unspecified atom stereocenters. The van der Waals surface area contributed by atoms with Crippen LogP contribution in [0, 0.1) is 6.92 Å². The number of aryl methyl sites for hydroxylation is 1. The molecule has 2 aromatic carbocycles. The molecule has 156 valence electrons. The van der Waals surface area contributed by atoms with Crippen molar-refractivity contribution in [1.82, 2.24) is 14.5 Å². The summed E-state index contributed by atoms with van der Waals surface area (Å²) in [4.78, 5) is 14.6. The largest absolute Gasteiger partial charge is 0.350 e. The maximum absolute atomic E-state index is 12.8. The Balaban J connectivity index is 1.56. The zero-order chi connectivity index (χ0) is 21.0. The van der Waals surface area contributed by atoms with Crippen LogP contribution in [-0.4, -0.2) is 55.8 Å². The van der Waals surface area contributed by atoms with Crippen LogP contribution in [0.15, 0.2) is 53.4 Å². The molecule has 1 saturated heterocycles. The van der Waals surface area contributed by atoms with E-state index in [2.05, 4.69) is 10.2 Å². The Morgan fingerprint density at radius 2 is 1.55 bits per heavy atom. The molecule has 29 heavy (non-hydrogen) atoms. The van der Waals surface area contributed by atoms with Crippen LogP contribution >= 0.6 is 0 Å². The van der Waals surface area contributed by atoms with Crippen molar-refractivity contribution in [2.45, 2.75) is 38.3 Å². The Morgan fingerprint density at radius 3 is 2.10 bits per heavy atom. The van der Waals surface area contributed by atoms with Crippen LogP contribution in [0.4, 0.5) is 0 Å². The summed E-state index contributed by atoms with van der Waals surface area (Å²) < 4.78 is 27.2. The molecule has 0 atom stereocenters. The van der Waals surface area contributed by atoms with Crippen molar-refractivity contribution in [3.05, 3.63) is 65.2 Å². The Bertz CT molecular complexity index is 930. The number of rotatable bonds is 6. The highest BCUT2D eigenvalue weighted by atomic mass is 32.2. The fourth-order valence-corrected chi connectivity index (χ4v) is 4.77. The number of piperazine rings is 1. The van der Waals surface area contributed by atoms with E-state index in [-0.39, 0.29) is 11.9 Å². The molecule has 1 N–H and O–H groups in total. The average Bonchev–Trinajstić information content (AvgIpc) is 2.69. The molecule has 1 amide bonds. The third-order valence-corrected chi connectivity index (χ3v) is 6.94. The zero-order valence-corrected chi connectivity index (χ0v) is 18.1. The first-order valence-electron chi connectivity index (χ1n) is 9.94. The molecule has 0 radical (unpaired) electrons. The number of hydrogen-bond acceptors (Lipinski definition) is 4. The highest BCUT2D eigenvalue weighted by molar-refractivity contribution is 7.89. The number of carbonyl (C=O) groups is 1. The van der Waals surface area contributed by atoms with E-state index >= 15 is 0 Å². The van der Waals surface area contributed by atoms with Gasteiger partial charge >= 0.3 is 0 Å². The lowest BCUT2D eigenvalue weighted by molar-refractivity contribution is 0.0943. The molecular weight excluding hydrogens is 386 g/mol. The lowest BCUT2D eigenvalue weighted by Gasteiger charge is -2.34. The van der Waals surface area contributed by atoms with Crippen molar-refractivity contribution in [1.29, 1.82) is 0 Å². The van der Waals surface area contributed by atoms with Crippen molar-refractivity contribution < 1.29 is 13.2 Å². The van der Waals surface area contributed by atoms with Gasteiger partial charge in [-0.15, -0.1) is 0 Å². The molecule has 2 aromatic rings. The minimum absolute atomic E-state index is 0.0681. The standard InChI is InChI=1S/C22H29N3O3S/c1-17(2)23-22(26)20-8-6-19(7-9-20)16-24-12-14-25(15-13-24)29(27,28)21-10-4-18(3)5-11-21/h4-11,17H,12-16H2,1-3H3,(H,23,26). The van der Waals surface area contributed by atoms with E-state index in [1.165, 1.54) is 0 Å². The van der Waals surface area contributed by atoms with Gasteiger partial charge in [0.15, 0.2) is 0 Å². The fourth-order valence-electron chi connectivity index (χ4n) is 3.35. The van der Waals surface area contributed by atoms with E-state index in [0.29, 0.717) is 36.6 Å². The van der Waals surface area contributed by atoms with E-state index in [1.807, 2.05) is 57.2 Å². The predicted molar refractivity (Wildman–Crippen MR) is 114 cm³/mol. The summed E-state index contributed by atoms with van der Waals surface area (Å²) in [5.41, 5.74) is 2.80. The Labute approximate surface area is 173 Å². The highest BCUT2D eigenvalue weighted by Crippen LogP contribution is 2.19. The monoisotopic (exact) mass is 415 g/mol. The molecule has 3 rings (SSSR count). The van der Waals surface area contributed by atoms with E-state index < -0.39 is 10.0 Å². The minimum atomic E-state index is -3.44. The first-order chi connectivity index (χ1) is 13.8. The maximum atomic E-state index is 12.8. The highest BCUT2D eigenvalue weighted by Gasteiger charge is 2.28. The quantitative estimate of drug-likeness (QED) is 0.788. The number of hydrogen-bond donors (Lipinski definition) is 1. The molecule has 0 spiro atoms. The summed E-state index contributed by atoms with van der Waals surface area (Å²) in [5.74, 6) is -0.0681. The summed E-state index contributed by atoms with van der Waals surface area (Å²) in [7, 11) is -3.44. The SMILES string of the molecule is Cc1ccc(S(=O)(=O)N2CCN(Cc3ccc(C(=O)NC(C)C)cc3)CC2)cc1. The van der Waals surface area contributed by atoms with Crippen LogP contribution < -0.4 is 5.32 Å². The van der Waals surface area contributed by atoms with Gasteiger partial charge in [-0.1, -0.05) is 29.8 Å². The van der Waals surface area contributed by atoms with E-state index in [9.17, 15) is 13.2 Å². The first kappa shape index (κ1) is 21.5. The van der Waals surface area contributed by atoms with Gasteiger partial charge in [0.2, 0.25) is 10.0 Å². The van der Waals surface area contributed by atoms with Crippen molar-refractivity contribution >= 4 is 15.9 Å². The van der Waals surface area contributed by atoms with Crippen LogP contribution in [0.1, 0.15) is 35.3 Å². The van der Waals surface area contributed by atoms with Gasteiger partial charge < -0.3 is 5.32 Å². The summed E-state index contributed by atoms with van der Waals surface area (Å²) in [6.07, 6.45) is 0. The van der Waals surface area contributed by atoms with Gasteiger partial charge in [-0.05, 0) is 50.6 Å². The summed E-state index contributed by atoms with van der Waals surface area (Å²) in [6, 6.07) is 14.7. The van der Waals surface area contributed by atoms with Gasteiger partial charge in [0.1, 0.15) is 0 Å². The average molecular weight is 416 g/mol. The van der Waals surface area contributed by atoms with Crippen molar-refractivity contribution in [3.63, 3.8) is 0 Å². The predicted octanol–water partition coefficient (Wildman–Crippen LogP) is 2.64. The number of amides is 1. The normalized spacial score (nSPS) is 16.1. The van der Waals surface area contributed by atoms with Gasteiger partial charge in [-0.3, -0.25) is 9.69 Å². The van der Waals surface area contributed by atoms with E-state index in [0.717, 1.165) is 17.7 Å². The fraction of sp³-hybridized carbons (Fsp3) is 0.409. The van der Waals surface area contributed by atoms with Crippen LogP contribution in [0.5, 0.6) is 0 Å². The number of carbonyl (C=O) groups excluding carboxylic acids is 1. The van der Waals surface area contributed by atoms with E-state index in [1.54, 1.807) is 16.4 Å². The first-order valence-corrected chi connectivity index (χ1v) is 11.4. The smallest absolute Gasteiger partial charge is 0.251 e. The molecule has 1 heterocycles. The Kier molecular flexibility index (Phi) is 6.72. The second-order valence-electron chi connectivity index (χ2n) is 7.82. The van der Waals surface area contributed by atoms with Crippen LogP contribution in [-0.2, 0) is 16.6 Å². The van der Waals surface area contributed by atoms with Gasteiger partial charge in [0.25, 0.3) is 5.91 Å². The molecule has 1 fully saturated rings. The van der Waals surface area contributed by atoms with Gasteiger partial charge in [0.05, 0.1) is 4.90 Å². The lowest BCUT2D eigenvalue weighted by atomic mass is 10.1.